The van der Waals surface area contributed by atoms with Crippen LogP contribution < -0.4 is 9.47 Å². The Morgan fingerprint density at radius 1 is 0.950 bits per heavy atom. The van der Waals surface area contributed by atoms with Crippen LogP contribution in [0.15, 0.2) is 6.07 Å². The molecule has 0 saturated carbocycles. The van der Waals surface area contributed by atoms with Crippen molar-refractivity contribution < 1.29 is 38.8 Å². The first-order chi connectivity index (χ1) is 9.38. The average molecular weight is 284 g/mol. The highest BCUT2D eigenvalue weighted by Crippen LogP contribution is 2.35. The minimum absolute atomic E-state index is 0.156. The van der Waals surface area contributed by atoms with Crippen molar-refractivity contribution in [3.8, 4) is 11.5 Å². The van der Waals surface area contributed by atoms with E-state index in [1.807, 2.05) is 0 Å². The monoisotopic (exact) mass is 284 g/mol. The molecule has 0 amide bonds. The van der Waals surface area contributed by atoms with Crippen molar-refractivity contribution in [2.24, 2.45) is 0 Å². The van der Waals surface area contributed by atoms with Crippen molar-refractivity contribution >= 4 is 17.9 Å². The molecule has 0 saturated heterocycles. The fourth-order valence-electron chi connectivity index (χ4n) is 1.68. The molecule has 1 aromatic carbocycles. The van der Waals surface area contributed by atoms with Crippen molar-refractivity contribution in [3.05, 3.63) is 22.8 Å². The van der Waals surface area contributed by atoms with Gasteiger partial charge in [-0.15, -0.1) is 0 Å². The molecule has 0 aliphatic carbocycles. The summed E-state index contributed by atoms with van der Waals surface area (Å²) in [6.07, 6.45) is 0. The quantitative estimate of drug-likeness (QED) is 0.765. The number of aromatic carboxylic acids is 2. The third kappa shape index (κ3) is 2.48. The molecular formula is C12H12O8. The largest absolute Gasteiger partial charge is 0.496 e. The van der Waals surface area contributed by atoms with Gasteiger partial charge in [0.15, 0.2) is 5.75 Å². The average Bonchev–Trinajstić information content (AvgIpc) is 2.43. The second kappa shape index (κ2) is 5.91. The smallest absolute Gasteiger partial charge is 0.345 e. The first kappa shape index (κ1) is 15.3. The summed E-state index contributed by atoms with van der Waals surface area (Å²) in [5, 5.41) is 18.2. The van der Waals surface area contributed by atoms with Gasteiger partial charge in [0.1, 0.15) is 16.9 Å². The second-order valence-electron chi connectivity index (χ2n) is 3.51. The van der Waals surface area contributed by atoms with Crippen molar-refractivity contribution in [2.45, 2.75) is 0 Å². The summed E-state index contributed by atoms with van der Waals surface area (Å²) >= 11 is 0. The third-order valence-corrected chi connectivity index (χ3v) is 2.50. The fourth-order valence-corrected chi connectivity index (χ4v) is 1.68. The molecule has 0 unspecified atom stereocenters. The molecule has 108 valence electrons. The Balaban J connectivity index is 3.85. The minimum Gasteiger partial charge on any atom is -0.496 e. The Hall–Kier alpha value is -2.77. The van der Waals surface area contributed by atoms with Crippen LogP contribution in [-0.4, -0.2) is 49.5 Å². The summed E-state index contributed by atoms with van der Waals surface area (Å²) in [4.78, 5) is 34.1. The number of ether oxygens (including phenoxy) is 3. The number of hydrogen-bond donors (Lipinski definition) is 2. The summed E-state index contributed by atoms with van der Waals surface area (Å²) < 4.78 is 14.3. The Morgan fingerprint density at radius 3 is 1.90 bits per heavy atom. The minimum atomic E-state index is -1.55. The fraction of sp³-hybridized carbons (Fsp3) is 0.250. The number of benzene rings is 1. The second-order valence-corrected chi connectivity index (χ2v) is 3.51. The molecule has 0 bridgehead atoms. The number of methoxy groups -OCH3 is 3. The summed E-state index contributed by atoms with van der Waals surface area (Å²) in [6, 6.07) is 0.931. The van der Waals surface area contributed by atoms with Crippen LogP contribution in [0.5, 0.6) is 11.5 Å². The number of carbonyl (C=O) groups excluding carboxylic acids is 1. The first-order valence-corrected chi connectivity index (χ1v) is 5.22. The molecule has 8 nitrogen and oxygen atoms in total. The molecule has 2 N–H and O–H groups in total. The lowest BCUT2D eigenvalue weighted by atomic mass is 10.0. The van der Waals surface area contributed by atoms with Crippen LogP contribution in [0.3, 0.4) is 0 Å². The van der Waals surface area contributed by atoms with Gasteiger partial charge in [0.2, 0.25) is 0 Å². The van der Waals surface area contributed by atoms with Gasteiger partial charge in [-0.05, 0) is 6.07 Å². The molecule has 0 aliphatic rings. The summed E-state index contributed by atoms with van der Waals surface area (Å²) in [7, 11) is 3.40. The number of carbonyl (C=O) groups is 3. The predicted molar refractivity (Wildman–Crippen MR) is 64.8 cm³/mol. The van der Waals surface area contributed by atoms with Gasteiger partial charge in [0.05, 0.1) is 26.9 Å². The van der Waals surface area contributed by atoms with Gasteiger partial charge < -0.3 is 24.4 Å². The molecule has 0 fully saturated rings. The van der Waals surface area contributed by atoms with Crippen LogP contribution in [-0.2, 0) is 4.74 Å². The number of carboxylic acid groups (broad SMARTS) is 2. The Kier molecular flexibility index (Phi) is 4.52. The predicted octanol–water partition coefficient (Wildman–Crippen LogP) is 0.887. The first-order valence-electron chi connectivity index (χ1n) is 5.22. The van der Waals surface area contributed by atoms with E-state index >= 15 is 0 Å². The van der Waals surface area contributed by atoms with Gasteiger partial charge in [-0.2, -0.15) is 0 Å². The molecule has 0 atom stereocenters. The Labute approximate surface area is 113 Å². The number of rotatable bonds is 5. The zero-order valence-corrected chi connectivity index (χ0v) is 10.9. The van der Waals surface area contributed by atoms with Crippen LogP contribution in [0.25, 0.3) is 0 Å². The molecule has 0 aromatic heterocycles. The van der Waals surface area contributed by atoms with E-state index in [1.165, 1.54) is 7.11 Å². The molecule has 1 aromatic rings. The van der Waals surface area contributed by atoms with E-state index in [2.05, 4.69) is 4.74 Å². The van der Waals surface area contributed by atoms with E-state index in [0.29, 0.717) is 0 Å². The van der Waals surface area contributed by atoms with Crippen LogP contribution in [0.2, 0.25) is 0 Å². The van der Waals surface area contributed by atoms with Crippen LogP contribution in [0.4, 0.5) is 0 Å². The maximum absolute atomic E-state index is 11.7. The maximum atomic E-state index is 11.7. The summed E-state index contributed by atoms with van der Waals surface area (Å²) in [6.45, 7) is 0. The van der Waals surface area contributed by atoms with Gasteiger partial charge >= 0.3 is 17.9 Å². The molecule has 0 aliphatic heterocycles. The van der Waals surface area contributed by atoms with Crippen molar-refractivity contribution in [3.63, 3.8) is 0 Å². The molecule has 0 heterocycles. The maximum Gasteiger partial charge on any atom is 0.345 e. The molecule has 0 spiro atoms. The standard InChI is InChI=1S/C12H12O8/c1-18-6-4-5(10(13)14)7(11(15)16)9(19-2)8(6)12(17)20-3/h4H,1-3H3,(H,13,14)(H,15,16). The summed E-state index contributed by atoms with van der Waals surface area (Å²) in [5.74, 6) is -4.53. The Morgan fingerprint density at radius 2 is 1.55 bits per heavy atom. The summed E-state index contributed by atoms with van der Waals surface area (Å²) in [5.41, 5.74) is -1.50. The van der Waals surface area contributed by atoms with Crippen molar-refractivity contribution in [1.82, 2.24) is 0 Å². The molecule has 20 heavy (non-hydrogen) atoms. The van der Waals surface area contributed by atoms with Gasteiger partial charge in [0, 0.05) is 0 Å². The number of hydrogen-bond acceptors (Lipinski definition) is 6. The van der Waals surface area contributed by atoms with E-state index < -0.39 is 34.8 Å². The lowest BCUT2D eigenvalue weighted by molar-refractivity contribution is 0.0589. The van der Waals surface area contributed by atoms with Gasteiger partial charge in [0.25, 0.3) is 0 Å². The normalized spacial score (nSPS) is 9.75. The highest BCUT2D eigenvalue weighted by Gasteiger charge is 2.31. The molecule has 1 rings (SSSR count). The van der Waals surface area contributed by atoms with E-state index in [-0.39, 0.29) is 11.3 Å². The van der Waals surface area contributed by atoms with Crippen molar-refractivity contribution in [2.75, 3.05) is 21.3 Å². The zero-order valence-electron chi connectivity index (χ0n) is 10.9. The van der Waals surface area contributed by atoms with Crippen molar-refractivity contribution in [1.29, 1.82) is 0 Å². The van der Waals surface area contributed by atoms with Gasteiger partial charge in [-0.25, -0.2) is 14.4 Å². The van der Waals surface area contributed by atoms with Crippen LogP contribution in [0, 0.1) is 0 Å². The lowest BCUT2D eigenvalue weighted by Crippen LogP contribution is -2.15. The van der Waals surface area contributed by atoms with Gasteiger partial charge in [-0.3, -0.25) is 0 Å². The molecule has 8 heteroatoms. The SMILES string of the molecule is COC(=O)c1c(OC)cc(C(=O)O)c(C(=O)O)c1OC. The van der Waals surface area contributed by atoms with Gasteiger partial charge in [-0.1, -0.05) is 0 Å². The topological polar surface area (TPSA) is 119 Å². The third-order valence-electron chi connectivity index (χ3n) is 2.50. The zero-order chi connectivity index (χ0) is 15.4. The van der Waals surface area contributed by atoms with E-state index in [1.54, 1.807) is 0 Å². The highest BCUT2D eigenvalue weighted by molar-refractivity contribution is 6.08. The Bertz CT molecular complexity index is 575. The van der Waals surface area contributed by atoms with Crippen LogP contribution in [0.1, 0.15) is 31.1 Å². The molecule has 0 radical (unpaired) electrons. The van der Waals surface area contributed by atoms with E-state index in [0.717, 1.165) is 20.3 Å². The van der Waals surface area contributed by atoms with E-state index in [4.69, 9.17) is 19.7 Å². The molecular weight excluding hydrogens is 272 g/mol. The lowest BCUT2D eigenvalue weighted by Gasteiger charge is -2.15. The number of carboxylic acids is 2. The highest BCUT2D eigenvalue weighted by atomic mass is 16.5. The number of esters is 1. The van der Waals surface area contributed by atoms with E-state index in [9.17, 15) is 14.4 Å². The van der Waals surface area contributed by atoms with Crippen LogP contribution >= 0.6 is 0 Å².